The van der Waals surface area contributed by atoms with E-state index in [4.69, 9.17) is 9.16 Å². The van der Waals surface area contributed by atoms with E-state index in [-0.39, 0.29) is 27.9 Å². The van der Waals surface area contributed by atoms with Gasteiger partial charge in [-0.25, -0.2) is 0 Å². The van der Waals surface area contributed by atoms with Crippen LogP contribution in [0.5, 0.6) is 0 Å². The molecule has 2 aliphatic carbocycles. The van der Waals surface area contributed by atoms with E-state index < -0.39 is 13.9 Å². The summed E-state index contributed by atoms with van der Waals surface area (Å²) < 4.78 is 12.8. The maximum absolute atomic E-state index is 11.7. The van der Waals surface area contributed by atoms with E-state index >= 15 is 0 Å². The van der Waals surface area contributed by atoms with Crippen molar-refractivity contribution in [2.24, 2.45) is 22.7 Å². The summed E-state index contributed by atoms with van der Waals surface area (Å²) in [6.07, 6.45) is 8.41. The van der Waals surface area contributed by atoms with Gasteiger partial charge >= 0.3 is 5.97 Å². The van der Waals surface area contributed by atoms with Gasteiger partial charge in [0.2, 0.25) is 0 Å². The Morgan fingerprint density at radius 2 is 1.78 bits per heavy atom. The third-order valence-electron chi connectivity index (χ3n) is 9.20. The molecule has 0 heterocycles. The largest absolute Gasteiger partial charge is 0.455 e. The van der Waals surface area contributed by atoms with Crippen LogP contribution in [-0.4, -0.2) is 26.0 Å². The van der Waals surface area contributed by atoms with Gasteiger partial charge in [-0.2, -0.15) is 0 Å². The Bertz CT molecular complexity index is 731. The van der Waals surface area contributed by atoms with Gasteiger partial charge in [-0.3, -0.25) is 4.79 Å². The zero-order chi connectivity index (χ0) is 24.8. The Balaban J connectivity index is 2.38. The molecule has 32 heavy (non-hydrogen) atoms. The molecule has 3 nitrogen and oxygen atoms in total. The molecule has 0 spiro atoms. The quantitative estimate of drug-likeness (QED) is 0.218. The third-order valence-corrected chi connectivity index (χ3v) is 13.7. The number of hydrogen-bond donors (Lipinski definition) is 0. The number of ether oxygens (including phenoxy) is 1. The van der Waals surface area contributed by atoms with E-state index in [0.29, 0.717) is 11.8 Å². The Morgan fingerprint density at radius 1 is 1.19 bits per heavy atom. The molecule has 0 bridgehead atoms. The van der Waals surface area contributed by atoms with Crippen molar-refractivity contribution in [3.63, 3.8) is 0 Å². The lowest BCUT2D eigenvalue weighted by Crippen LogP contribution is -2.59. The summed E-state index contributed by atoms with van der Waals surface area (Å²) in [5.41, 5.74) is 1.06. The van der Waals surface area contributed by atoms with E-state index in [0.717, 1.165) is 19.3 Å². The third kappa shape index (κ3) is 5.43. The molecular formula is C28H50O3Si. The van der Waals surface area contributed by atoms with Crippen molar-refractivity contribution < 1.29 is 14.0 Å². The van der Waals surface area contributed by atoms with Crippen LogP contribution >= 0.6 is 0 Å². The number of carbonyl (C=O) groups is 1. The fraction of sp³-hybridized carbons (Fsp3) is 0.821. The minimum Gasteiger partial charge on any atom is -0.455 e. The molecule has 0 aromatic carbocycles. The van der Waals surface area contributed by atoms with Crippen LogP contribution in [0.2, 0.25) is 18.1 Å². The highest BCUT2D eigenvalue weighted by atomic mass is 28.4. The molecule has 0 N–H and O–H groups in total. The second kappa shape index (κ2) is 9.06. The molecule has 0 unspecified atom stereocenters. The summed E-state index contributed by atoms with van der Waals surface area (Å²) in [5.74, 6) is 0.652. The second-order valence-corrected chi connectivity index (χ2v) is 18.1. The van der Waals surface area contributed by atoms with E-state index in [1.165, 1.54) is 31.8 Å². The topological polar surface area (TPSA) is 35.5 Å². The summed E-state index contributed by atoms with van der Waals surface area (Å²) in [4.78, 5) is 11.7. The second-order valence-electron chi connectivity index (χ2n) is 13.3. The van der Waals surface area contributed by atoms with Crippen molar-refractivity contribution in [2.45, 2.75) is 124 Å². The van der Waals surface area contributed by atoms with Gasteiger partial charge in [0.05, 0.1) is 6.10 Å². The highest BCUT2D eigenvalue weighted by Crippen LogP contribution is 2.63. The standard InChI is InChI=1S/C28H50O3Si/c1-13-27(9,30-21(3)29)18-15-22-20(2)19-23(31-32(11,12)25(4,5)6)24-26(7,8)16-14-17-28(22,24)10/h13,22-24H,1-2,14-19H2,3-12H3/t22-,23-,24+,27+,28+/m0/s1. The van der Waals surface area contributed by atoms with Crippen LogP contribution in [0.3, 0.4) is 0 Å². The molecule has 0 aromatic rings. The Kier molecular flexibility index (Phi) is 7.75. The Hall–Kier alpha value is -0.873. The van der Waals surface area contributed by atoms with Gasteiger partial charge in [0.1, 0.15) is 5.60 Å². The summed E-state index contributed by atoms with van der Waals surface area (Å²) in [5, 5.41) is 0.191. The molecule has 4 heteroatoms. The molecule has 0 amide bonds. The van der Waals surface area contributed by atoms with Crippen molar-refractivity contribution in [2.75, 3.05) is 0 Å². The lowest BCUT2D eigenvalue weighted by molar-refractivity contribution is -0.152. The lowest BCUT2D eigenvalue weighted by atomic mass is 9.46. The van der Waals surface area contributed by atoms with Crippen molar-refractivity contribution >= 4 is 14.3 Å². The summed E-state index contributed by atoms with van der Waals surface area (Å²) in [6, 6.07) is 0. The molecule has 184 valence electrons. The average molecular weight is 463 g/mol. The molecule has 0 aromatic heterocycles. The van der Waals surface area contributed by atoms with Crippen LogP contribution in [0.4, 0.5) is 0 Å². The van der Waals surface area contributed by atoms with Gasteiger partial charge in [0, 0.05) is 6.92 Å². The van der Waals surface area contributed by atoms with Crippen molar-refractivity contribution in [3.8, 4) is 0 Å². The highest BCUT2D eigenvalue weighted by Gasteiger charge is 2.58. The van der Waals surface area contributed by atoms with Crippen LogP contribution in [0.15, 0.2) is 24.8 Å². The minimum atomic E-state index is -1.90. The number of carbonyl (C=O) groups excluding carboxylic acids is 1. The monoisotopic (exact) mass is 462 g/mol. The summed E-state index contributed by atoms with van der Waals surface area (Å²) >= 11 is 0. The maximum atomic E-state index is 11.7. The Morgan fingerprint density at radius 3 is 2.28 bits per heavy atom. The molecule has 5 atom stereocenters. The molecule has 2 saturated carbocycles. The van der Waals surface area contributed by atoms with E-state index in [1.807, 2.05) is 6.92 Å². The first-order valence-corrected chi connectivity index (χ1v) is 15.5. The first kappa shape index (κ1) is 27.4. The predicted octanol–water partition coefficient (Wildman–Crippen LogP) is 8.07. The molecule has 0 aliphatic heterocycles. The molecule has 2 aliphatic rings. The first-order chi connectivity index (χ1) is 14.4. The van der Waals surface area contributed by atoms with Crippen molar-refractivity contribution in [1.82, 2.24) is 0 Å². The lowest BCUT2D eigenvalue weighted by Gasteiger charge is -2.62. The number of esters is 1. The van der Waals surface area contributed by atoms with Crippen LogP contribution in [0.1, 0.15) is 93.9 Å². The van der Waals surface area contributed by atoms with Gasteiger partial charge in [0.25, 0.3) is 0 Å². The van der Waals surface area contributed by atoms with Crippen LogP contribution in [-0.2, 0) is 14.0 Å². The SMILES string of the molecule is C=C[C@](C)(CC[C@H]1C(=C)C[C@H](O[Si](C)(C)C(C)(C)C)[C@@H]2C(C)(C)CCC[C@@]21C)OC(C)=O. The number of fused-ring (bicyclic) bond motifs is 1. The van der Waals surface area contributed by atoms with Gasteiger partial charge in [0.15, 0.2) is 8.32 Å². The van der Waals surface area contributed by atoms with E-state index in [1.54, 1.807) is 6.08 Å². The predicted molar refractivity (Wildman–Crippen MR) is 138 cm³/mol. The number of rotatable bonds is 7. The van der Waals surface area contributed by atoms with Gasteiger partial charge in [-0.1, -0.05) is 66.7 Å². The summed E-state index contributed by atoms with van der Waals surface area (Å²) in [6.45, 7) is 31.2. The Labute approximate surface area is 199 Å². The fourth-order valence-electron chi connectivity index (χ4n) is 6.59. The van der Waals surface area contributed by atoms with Crippen LogP contribution < -0.4 is 0 Å². The minimum absolute atomic E-state index is 0.141. The molecule has 2 fully saturated rings. The van der Waals surface area contributed by atoms with Crippen LogP contribution in [0, 0.1) is 22.7 Å². The first-order valence-electron chi connectivity index (χ1n) is 12.6. The van der Waals surface area contributed by atoms with Gasteiger partial charge < -0.3 is 9.16 Å². The van der Waals surface area contributed by atoms with E-state index in [9.17, 15) is 4.79 Å². The molecule has 0 saturated heterocycles. The van der Waals surface area contributed by atoms with Crippen LogP contribution in [0.25, 0.3) is 0 Å². The molecular weight excluding hydrogens is 412 g/mol. The fourth-order valence-corrected chi connectivity index (χ4v) is 7.91. The normalized spacial score (nSPS) is 32.6. The van der Waals surface area contributed by atoms with Gasteiger partial charge in [-0.15, -0.1) is 0 Å². The molecule has 0 radical (unpaired) electrons. The maximum Gasteiger partial charge on any atom is 0.303 e. The summed E-state index contributed by atoms with van der Waals surface area (Å²) in [7, 11) is -1.90. The van der Waals surface area contributed by atoms with Crippen molar-refractivity contribution in [1.29, 1.82) is 0 Å². The zero-order valence-electron chi connectivity index (χ0n) is 22.7. The average Bonchev–Trinajstić information content (AvgIpc) is 2.58. The van der Waals surface area contributed by atoms with Gasteiger partial charge in [-0.05, 0) is 85.9 Å². The zero-order valence-corrected chi connectivity index (χ0v) is 23.7. The van der Waals surface area contributed by atoms with Crippen molar-refractivity contribution in [3.05, 3.63) is 24.8 Å². The highest BCUT2D eigenvalue weighted by molar-refractivity contribution is 6.74. The number of hydrogen-bond acceptors (Lipinski definition) is 3. The molecule has 2 rings (SSSR count). The smallest absolute Gasteiger partial charge is 0.303 e. The van der Waals surface area contributed by atoms with E-state index in [2.05, 4.69) is 67.8 Å².